The predicted molar refractivity (Wildman–Crippen MR) is 113 cm³/mol. The van der Waals surface area contributed by atoms with Crippen LogP contribution in [0.1, 0.15) is 96.8 Å². The molecule has 0 N–H and O–H groups in total. The second-order valence-electron chi connectivity index (χ2n) is 7.51. The first-order valence-corrected chi connectivity index (χ1v) is 11.1. The van der Waals surface area contributed by atoms with Crippen LogP contribution in [0.15, 0.2) is 0 Å². The molecule has 5 heteroatoms. The zero-order chi connectivity index (χ0) is 20.2. The van der Waals surface area contributed by atoms with Crippen LogP contribution < -0.4 is 0 Å². The van der Waals surface area contributed by atoms with Crippen molar-refractivity contribution in [2.24, 2.45) is 0 Å². The standard InChI is InChI=1S/C22H44N2O3/c1-4-5-6-7-10-13-18-24(19-14-11-8-9-12-15-21-25)20-16-17-22(26)23(2)27-3/h21H,4-20H2,1-3H3. The summed E-state index contributed by atoms with van der Waals surface area (Å²) in [5, 5.41) is 1.32. The van der Waals surface area contributed by atoms with Crippen LogP contribution in [-0.2, 0) is 14.4 Å². The van der Waals surface area contributed by atoms with Gasteiger partial charge in [0.2, 0.25) is 5.91 Å². The van der Waals surface area contributed by atoms with Crippen molar-refractivity contribution in [3.8, 4) is 0 Å². The van der Waals surface area contributed by atoms with Gasteiger partial charge in [-0.05, 0) is 45.3 Å². The Bertz CT molecular complexity index is 350. The molecule has 0 heterocycles. The number of carbonyl (C=O) groups excluding carboxylic acids is 2. The van der Waals surface area contributed by atoms with Crippen molar-refractivity contribution in [2.45, 2.75) is 96.8 Å². The van der Waals surface area contributed by atoms with E-state index in [4.69, 9.17) is 4.84 Å². The quantitative estimate of drug-likeness (QED) is 0.169. The largest absolute Gasteiger partial charge is 0.303 e. The Labute approximate surface area is 167 Å². The van der Waals surface area contributed by atoms with Gasteiger partial charge in [-0.15, -0.1) is 0 Å². The maximum absolute atomic E-state index is 11.9. The van der Waals surface area contributed by atoms with Gasteiger partial charge in [0.15, 0.2) is 0 Å². The Morgan fingerprint density at radius 1 is 0.815 bits per heavy atom. The second-order valence-corrected chi connectivity index (χ2v) is 7.51. The third kappa shape index (κ3) is 16.9. The molecule has 0 aliphatic rings. The van der Waals surface area contributed by atoms with Crippen LogP contribution in [0.5, 0.6) is 0 Å². The van der Waals surface area contributed by atoms with Crippen molar-refractivity contribution in [3.05, 3.63) is 0 Å². The van der Waals surface area contributed by atoms with E-state index in [0.29, 0.717) is 12.8 Å². The number of hydrogen-bond donors (Lipinski definition) is 0. The van der Waals surface area contributed by atoms with Crippen molar-refractivity contribution in [2.75, 3.05) is 33.8 Å². The highest BCUT2D eigenvalue weighted by Gasteiger charge is 2.10. The van der Waals surface area contributed by atoms with Crippen LogP contribution in [-0.4, -0.2) is 55.9 Å². The number of aldehydes is 1. The van der Waals surface area contributed by atoms with Crippen molar-refractivity contribution in [1.29, 1.82) is 0 Å². The minimum atomic E-state index is 0.0483. The molecule has 0 atom stereocenters. The molecule has 0 aromatic heterocycles. The number of rotatable bonds is 20. The first kappa shape index (κ1) is 26.1. The lowest BCUT2D eigenvalue weighted by atomic mass is 10.1. The van der Waals surface area contributed by atoms with Crippen molar-refractivity contribution in [3.63, 3.8) is 0 Å². The van der Waals surface area contributed by atoms with E-state index in [1.807, 2.05) is 0 Å². The fraction of sp³-hybridized carbons (Fsp3) is 0.909. The van der Waals surface area contributed by atoms with Gasteiger partial charge < -0.3 is 9.69 Å². The topological polar surface area (TPSA) is 49.9 Å². The summed E-state index contributed by atoms with van der Waals surface area (Å²) in [5.74, 6) is 0.0483. The fourth-order valence-corrected chi connectivity index (χ4v) is 3.26. The molecule has 0 unspecified atom stereocenters. The van der Waals surface area contributed by atoms with E-state index in [9.17, 15) is 9.59 Å². The van der Waals surface area contributed by atoms with Gasteiger partial charge in [-0.25, -0.2) is 5.06 Å². The zero-order valence-electron chi connectivity index (χ0n) is 18.2. The molecule has 0 fully saturated rings. The van der Waals surface area contributed by atoms with Crippen LogP contribution >= 0.6 is 0 Å². The molecule has 0 spiro atoms. The molecule has 0 aliphatic carbocycles. The van der Waals surface area contributed by atoms with Crippen molar-refractivity contribution < 1.29 is 14.4 Å². The molecule has 0 saturated heterocycles. The van der Waals surface area contributed by atoms with E-state index < -0.39 is 0 Å². The molecule has 5 nitrogen and oxygen atoms in total. The number of hydrogen-bond acceptors (Lipinski definition) is 4. The Morgan fingerprint density at radius 3 is 1.89 bits per heavy atom. The van der Waals surface area contributed by atoms with E-state index in [2.05, 4.69) is 11.8 Å². The number of nitrogens with zero attached hydrogens (tertiary/aromatic N) is 2. The van der Waals surface area contributed by atoms with E-state index in [-0.39, 0.29) is 5.91 Å². The van der Waals surface area contributed by atoms with Gasteiger partial charge in [0, 0.05) is 19.9 Å². The normalized spacial score (nSPS) is 11.1. The summed E-state index contributed by atoms with van der Waals surface area (Å²) in [6, 6.07) is 0. The number of unbranched alkanes of at least 4 members (excludes halogenated alkanes) is 10. The van der Waals surface area contributed by atoms with Crippen LogP contribution in [0.25, 0.3) is 0 Å². The molecule has 0 rings (SSSR count). The lowest BCUT2D eigenvalue weighted by Gasteiger charge is -2.23. The van der Waals surface area contributed by atoms with E-state index in [0.717, 1.165) is 45.2 Å². The minimum Gasteiger partial charge on any atom is -0.303 e. The van der Waals surface area contributed by atoms with Gasteiger partial charge in [-0.1, -0.05) is 58.3 Å². The summed E-state index contributed by atoms with van der Waals surface area (Å²) in [6.45, 7) is 5.51. The number of carbonyl (C=O) groups is 2. The van der Waals surface area contributed by atoms with E-state index in [1.165, 1.54) is 70.0 Å². The highest BCUT2D eigenvalue weighted by atomic mass is 16.7. The maximum Gasteiger partial charge on any atom is 0.245 e. The fourth-order valence-electron chi connectivity index (χ4n) is 3.26. The Kier molecular flexibility index (Phi) is 19.1. The van der Waals surface area contributed by atoms with Crippen LogP contribution in [0.3, 0.4) is 0 Å². The summed E-state index contributed by atoms with van der Waals surface area (Å²) in [5.41, 5.74) is 0. The minimum absolute atomic E-state index is 0.0483. The molecule has 0 aromatic rings. The van der Waals surface area contributed by atoms with E-state index in [1.54, 1.807) is 7.05 Å². The molecule has 0 aromatic carbocycles. The lowest BCUT2D eigenvalue weighted by Crippen LogP contribution is -2.30. The van der Waals surface area contributed by atoms with Crippen LogP contribution in [0.2, 0.25) is 0 Å². The zero-order valence-corrected chi connectivity index (χ0v) is 18.2. The third-order valence-corrected chi connectivity index (χ3v) is 5.11. The molecule has 1 amide bonds. The average molecular weight is 385 g/mol. The highest BCUT2D eigenvalue weighted by molar-refractivity contribution is 5.74. The summed E-state index contributed by atoms with van der Waals surface area (Å²) >= 11 is 0. The molecule has 27 heavy (non-hydrogen) atoms. The molecule has 160 valence electrons. The van der Waals surface area contributed by atoms with Gasteiger partial charge >= 0.3 is 0 Å². The van der Waals surface area contributed by atoms with Gasteiger partial charge in [-0.3, -0.25) is 9.63 Å². The monoisotopic (exact) mass is 384 g/mol. The van der Waals surface area contributed by atoms with Gasteiger partial charge in [-0.2, -0.15) is 0 Å². The maximum atomic E-state index is 11.9. The molecular formula is C22H44N2O3. The second kappa shape index (κ2) is 19.8. The Hall–Kier alpha value is -0.940. The molecule has 0 aliphatic heterocycles. The Morgan fingerprint density at radius 2 is 1.33 bits per heavy atom. The number of hydroxylamine groups is 2. The third-order valence-electron chi connectivity index (χ3n) is 5.11. The summed E-state index contributed by atoms with van der Waals surface area (Å²) in [4.78, 5) is 29.7. The van der Waals surface area contributed by atoms with Crippen LogP contribution in [0.4, 0.5) is 0 Å². The summed E-state index contributed by atoms with van der Waals surface area (Å²) < 4.78 is 0. The summed E-state index contributed by atoms with van der Waals surface area (Å²) in [7, 11) is 3.19. The molecular weight excluding hydrogens is 340 g/mol. The SMILES string of the molecule is CCCCCCCCN(CCCCCCCC=O)CCCC(=O)N(C)OC. The van der Waals surface area contributed by atoms with Gasteiger partial charge in [0.1, 0.15) is 6.29 Å². The first-order chi connectivity index (χ1) is 13.2. The van der Waals surface area contributed by atoms with Crippen molar-refractivity contribution in [1.82, 2.24) is 9.96 Å². The smallest absolute Gasteiger partial charge is 0.245 e. The average Bonchev–Trinajstić information content (AvgIpc) is 2.68. The van der Waals surface area contributed by atoms with Crippen LogP contribution in [0, 0.1) is 0 Å². The first-order valence-electron chi connectivity index (χ1n) is 11.1. The van der Waals surface area contributed by atoms with Gasteiger partial charge in [0.25, 0.3) is 0 Å². The molecule has 0 radical (unpaired) electrons. The molecule has 0 bridgehead atoms. The van der Waals surface area contributed by atoms with Gasteiger partial charge in [0.05, 0.1) is 7.11 Å². The van der Waals surface area contributed by atoms with Crippen molar-refractivity contribution >= 4 is 12.2 Å². The predicted octanol–water partition coefficient (Wildman–Crippen LogP) is 4.99. The lowest BCUT2D eigenvalue weighted by molar-refractivity contribution is -0.168. The highest BCUT2D eigenvalue weighted by Crippen LogP contribution is 2.10. The van der Waals surface area contributed by atoms with E-state index >= 15 is 0 Å². The molecule has 0 saturated carbocycles. The Balaban J connectivity index is 4.01. The summed E-state index contributed by atoms with van der Waals surface area (Å²) in [6.07, 6.45) is 16.9. The number of amides is 1.